The van der Waals surface area contributed by atoms with Gasteiger partial charge in [-0.15, -0.1) is 0 Å². The Hall–Kier alpha value is -4.51. The lowest BCUT2D eigenvalue weighted by Gasteiger charge is -2.25. The van der Waals surface area contributed by atoms with E-state index in [0.717, 1.165) is 12.0 Å². The summed E-state index contributed by atoms with van der Waals surface area (Å²) in [5.41, 5.74) is 8.33. The third kappa shape index (κ3) is 6.30. The number of benzene rings is 1. The van der Waals surface area contributed by atoms with E-state index in [4.69, 9.17) is 15.5 Å². The fourth-order valence-corrected chi connectivity index (χ4v) is 5.89. The number of carbonyl (C=O) groups excluding carboxylic acids is 1. The smallest absolute Gasteiger partial charge is 0.281 e. The Balaban J connectivity index is 1.51. The number of nitrogen functional groups attached to an aromatic ring is 1. The molecular weight excluding hydrogens is 540 g/mol. The van der Waals surface area contributed by atoms with E-state index in [1.807, 2.05) is 38.1 Å². The maximum absolute atomic E-state index is 13.5. The van der Waals surface area contributed by atoms with Crippen LogP contribution in [0, 0.1) is 0 Å². The highest BCUT2D eigenvalue weighted by Crippen LogP contribution is 2.36. The number of carbonyl (C=O) groups is 1. The molecule has 1 fully saturated rings. The van der Waals surface area contributed by atoms with Crippen LogP contribution in [0.15, 0.2) is 84.0 Å². The van der Waals surface area contributed by atoms with Crippen molar-refractivity contribution in [3.05, 3.63) is 90.1 Å². The molecule has 3 N–H and O–H groups in total. The number of hydrogen-bond donors (Lipinski definition) is 2. The number of nitrogens with one attached hydrogen (secondary N) is 1. The second kappa shape index (κ2) is 11.5. The molecule has 0 bridgehead atoms. The molecule has 0 aliphatic carbocycles. The van der Waals surface area contributed by atoms with E-state index >= 15 is 0 Å². The van der Waals surface area contributed by atoms with Crippen LogP contribution >= 0.6 is 0 Å². The first-order chi connectivity index (χ1) is 19.6. The molecule has 1 saturated heterocycles. The maximum Gasteiger partial charge on any atom is 0.281 e. The van der Waals surface area contributed by atoms with E-state index in [1.165, 1.54) is 23.8 Å². The Morgan fingerprint density at radius 2 is 1.80 bits per heavy atom. The summed E-state index contributed by atoms with van der Waals surface area (Å²) < 4.78 is 33.8. The van der Waals surface area contributed by atoms with Gasteiger partial charge >= 0.3 is 0 Å². The molecule has 11 heteroatoms. The fourth-order valence-electron chi connectivity index (χ4n) is 4.95. The molecule has 0 radical (unpaired) electrons. The van der Waals surface area contributed by atoms with Crippen LogP contribution in [0.3, 0.4) is 0 Å². The van der Waals surface area contributed by atoms with Gasteiger partial charge in [0.25, 0.3) is 15.9 Å². The zero-order valence-electron chi connectivity index (χ0n) is 23.1. The second-order valence-electron chi connectivity index (χ2n) is 10.3. The van der Waals surface area contributed by atoms with Crippen molar-refractivity contribution in [2.75, 3.05) is 17.2 Å². The predicted molar refractivity (Wildman–Crippen MR) is 157 cm³/mol. The van der Waals surface area contributed by atoms with Crippen molar-refractivity contribution in [3.63, 3.8) is 0 Å². The Morgan fingerprint density at radius 3 is 2.49 bits per heavy atom. The number of anilines is 2. The molecule has 1 aliphatic rings. The highest BCUT2D eigenvalue weighted by Gasteiger charge is 2.34. The van der Waals surface area contributed by atoms with Gasteiger partial charge in [0.1, 0.15) is 11.6 Å². The average Bonchev–Trinajstić information content (AvgIpc) is 3.34. The monoisotopic (exact) mass is 572 g/mol. The highest BCUT2D eigenvalue weighted by atomic mass is 32.2. The van der Waals surface area contributed by atoms with Gasteiger partial charge in [-0.25, -0.2) is 19.7 Å². The van der Waals surface area contributed by atoms with Gasteiger partial charge in [0.05, 0.1) is 17.4 Å². The van der Waals surface area contributed by atoms with Crippen molar-refractivity contribution in [1.29, 1.82) is 0 Å². The van der Waals surface area contributed by atoms with Crippen molar-refractivity contribution in [3.8, 4) is 17.1 Å². The number of hydrogen-bond acceptors (Lipinski definition) is 9. The average molecular weight is 573 g/mol. The number of sulfonamides is 1. The van der Waals surface area contributed by atoms with Crippen LogP contribution in [-0.2, 0) is 10.0 Å². The number of nitrogens with two attached hydrogens (primary N) is 1. The van der Waals surface area contributed by atoms with Gasteiger partial charge < -0.3 is 15.4 Å². The number of pyridine rings is 3. The van der Waals surface area contributed by atoms with Gasteiger partial charge in [-0.2, -0.15) is 8.42 Å². The zero-order valence-corrected chi connectivity index (χ0v) is 23.9. The summed E-state index contributed by atoms with van der Waals surface area (Å²) >= 11 is 0. The summed E-state index contributed by atoms with van der Waals surface area (Å²) in [4.78, 5) is 28.7. The summed E-state index contributed by atoms with van der Waals surface area (Å²) in [5.74, 6) is 0.339. The van der Waals surface area contributed by atoms with Gasteiger partial charge in [0.15, 0.2) is 5.03 Å². The Kier molecular flexibility index (Phi) is 7.89. The summed E-state index contributed by atoms with van der Waals surface area (Å²) in [6, 6.07) is 21.3. The summed E-state index contributed by atoms with van der Waals surface area (Å²) in [6.45, 7) is 6.54. The van der Waals surface area contributed by atoms with E-state index in [2.05, 4.69) is 38.6 Å². The largest absolute Gasteiger partial charge is 0.475 e. The van der Waals surface area contributed by atoms with E-state index in [1.54, 1.807) is 24.4 Å². The first-order valence-electron chi connectivity index (χ1n) is 13.4. The minimum atomic E-state index is -4.28. The predicted octanol–water partition coefficient (Wildman–Crippen LogP) is 4.41. The van der Waals surface area contributed by atoms with Crippen LogP contribution in [0.5, 0.6) is 5.88 Å². The van der Waals surface area contributed by atoms with E-state index in [-0.39, 0.29) is 34.5 Å². The molecule has 4 heterocycles. The van der Waals surface area contributed by atoms with Crippen LogP contribution in [0.2, 0.25) is 0 Å². The van der Waals surface area contributed by atoms with E-state index in [9.17, 15) is 13.2 Å². The molecule has 10 nitrogen and oxygen atoms in total. The van der Waals surface area contributed by atoms with Crippen LogP contribution in [0.4, 0.5) is 11.6 Å². The lowest BCUT2D eigenvalue weighted by Crippen LogP contribution is -2.35. The van der Waals surface area contributed by atoms with Crippen LogP contribution in [0.25, 0.3) is 11.3 Å². The summed E-state index contributed by atoms with van der Waals surface area (Å²) in [7, 11) is -4.28. The highest BCUT2D eigenvalue weighted by molar-refractivity contribution is 7.90. The molecule has 1 amide bonds. The minimum Gasteiger partial charge on any atom is -0.475 e. The van der Waals surface area contributed by atoms with Crippen LogP contribution in [0.1, 0.15) is 49.0 Å². The molecule has 4 aromatic rings. The zero-order chi connectivity index (χ0) is 29.1. The first kappa shape index (κ1) is 28.0. The molecule has 212 valence electrons. The van der Waals surface area contributed by atoms with Gasteiger partial charge in [-0.3, -0.25) is 4.79 Å². The first-order valence-corrected chi connectivity index (χ1v) is 14.8. The number of aromatic nitrogens is 3. The molecule has 1 aliphatic heterocycles. The normalized spacial score (nSPS) is 17.0. The molecular formula is C30H32N6O4S. The van der Waals surface area contributed by atoms with Gasteiger partial charge in [-0.1, -0.05) is 36.4 Å². The van der Waals surface area contributed by atoms with Gasteiger partial charge in [0.2, 0.25) is 5.88 Å². The Morgan fingerprint density at radius 1 is 1.02 bits per heavy atom. The molecule has 1 aromatic carbocycles. The molecule has 2 unspecified atom stereocenters. The number of nitrogens with zero attached hydrogens (tertiary/aromatic N) is 4. The number of amides is 1. The van der Waals surface area contributed by atoms with Crippen LogP contribution < -0.4 is 20.1 Å². The standard InChI is InChI=1S/C30H32N6O4S/c1-19(2)40-27-15-12-22(17-32-27)25-14-13-24(30(37)35-41(38,39)28-11-7-10-26(31)34-28)29(33-25)36-18-23(16-20(36)3)21-8-5-4-6-9-21/h4-15,17,19-20,23H,16,18H2,1-3H3,(H2,31,34)(H,35,37). The summed E-state index contributed by atoms with van der Waals surface area (Å²) in [5, 5.41) is -0.342. The lowest BCUT2D eigenvalue weighted by atomic mass is 9.97. The molecule has 0 spiro atoms. The Labute approximate surface area is 239 Å². The Bertz CT molecular complexity index is 1650. The topological polar surface area (TPSA) is 140 Å². The van der Waals surface area contributed by atoms with Crippen molar-refractivity contribution in [2.45, 2.75) is 50.3 Å². The second-order valence-corrected chi connectivity index (χ2v) is 11.9. The molecule has 5 rings (SSSR count). The van der Waals surface area contributed by atoms with Crippen molar-refractivity contribution < 1.29 is 17.9 Å². The maximum atomic E-state index is 13.5. The number of ether oxygens (including phenoxy) is 1. The van der Waals surface area contributed by atoms with Crippen molar-refractivity contribution >= 4 is 27.6 Å². The third-order valence-corrected chi connectivity index (χ3v) is 8.11. The van der Waals surface area contributed by atoms with Gasteiger partial charge in [0, 0.05) is 36.3 Å². The minimum absolute atomic E-state index is 0.0103. The van der Waals surface area contributed by atoms with Crippen molar-refractivity contribution in [2.24, 2.45) is 0 Å². The van der Waals surface area contributed by atoms with Gasteiger partial charge in [-0.05, 0) is 63.1 Å². The molecule has 0 saturated carbocycles. The number of rotatable bonds is 8. The molecule has 2 atom stereocenters. The SMILES string of the molecule is CC(C)Oc1ccc(-c2ccc(C(=O)NS(=O)(=O)c3cccc(N)n3)c(N3CC(c4ccccc4)CC3C)n2)cn1. The quantitative estimate of drug-likeness (QED) is 0.314. The fraction of sp³-hybridized carbons (Fsp3) is 0.267. The van der Waals surface area contributed by atoms with E-state index in [0.29, 0.717) is 23.9 Å². The van der Waals surface area contributed by atoms with E-state index < -0.39 is 15.9 Å². The molecule has 3 aromatic heterocycles. The lowest BCUT2D eigenvalue weighted by molar-refractivity contribution is 0.0981. The summed E-state index contributed by atoms with van der Waals surface area (Å²) in [6.07, 6.45) is 2.51. The molecule has 41 heavy (non-hydrogen) atoms. The van der Waals surface area contributed by atoms with Crippen molar-refractivity contribution in [1.82, 2.24) is 19.7 Å². The van der Waals surface area contributed by atoms with Crippen LogP contribution in [-0.4, -0.2) is 48.0 Å². The third-order valence-electron chi connectivity index (χ3n) is 6.87.